The predicted octanol–water partition coefficient (Wildman–Crippen LogP) is 5.73. The normalized spacial score (nSPS) is 12.0. The molecule has 0 aliphatic rings. The highest BCUT2D eigenvalue weighted by molar-refractivity contribution is 6.33. The minimum Gasteiger partial charge on any atom is -0.277 e. The van der Waals surface area contributed by atoms with Gasteiger partial charge in [-0.2, -0.15) is 18.3 Å². The minimum atomic E-state index is -4.42. The fourth-order valence-electron chi connectivity index (χ4n) is 2.35. The quantitative estimate of drug-likeness (QED) is 0.560. The third-order valence-corrected chi connectivity index (χ3v) is 3.74. The lowest BCUT2D eigenvalue weighted by Crippen LogP contribution is -2.05. The van der Waals surface area contributed by atoms with Gasteiger partial charge in [0.25, 0.3) is 0 Å². The van der Waals surface area contributed by atoms with Crippen LogP contribution in [0.3, 0.4) is 0 Å². The molecule has 2 rings (SSSR count). The maximum Gasteiger partial charge on any atom is 0.416 e. The zero-order valence-electron chi connectivity index (χ0n) is 12.9. The van der Waals surface area contributed by atoms with Gasteiger partial charge in [-0.25, -0.2) is 0 Å². The molecule has 0 aromatic heterocycles. The SMILES string of the molecule is Cc1cc(C)c(C=NNc2cc(C(F)(F)F)ccc2Cl)c(C)c1. The van der Waals surface area contributed by atoms with Gasteiger partial charge in [-0.1, -0.05) is 29.3 Å². The van der Waals surface area contributed by atoms with E-state index in [0.717, 1.165) is 34.4 Å². The van der Waals surface area contributed by atoms with Gasteiger partial charge in [-0.05, 0) is 50.1 Å². The van der Waals surface area contributed by atoms with Crippen molar-refractivity contribution < 1.29 is 13.2 Å². The monoisotopic (exact) mass is 340 g/mol. The number of benzene rings is 2. The summed E-state index contributed by atoms with van der Waals surface area (Å²) in [6.07, 6.45) is -2.84. The average molecular weight is 341 g/mol. The van der Waals surface area contributed by atoms with Gasteiger partial charge >= 0.3 is 6.18 Å². The van der Waals surface area contributed by atoms with E-state index in [4.69, 9.17) is 11.6 Å². The Kier molecular flexibility index (Phi) is 5.00. The number of anilines is 1. The van der Waals surface area contributed by atoms with E-state index in [9.17, 15) is 13.2 Å². The third kappa shape index (κ3) is 4.26. The molecule has 0 fully saturated rings. The van der Waals surface area contributed by atoms with Crippen molar-refractivity contribution in [2.75, 3.05) is 5.43 Å². The van der Waals surface area contributed by atoms with Crippen molar-refractivity contribution in [2.24, 2.45) is 5.10 Å². The van der Waals surface area contributed by atoms with Crippen LogP contribution in [-0.2, 0) is 6.18 Å². The zero-order valence-corrected chi connectivity index (χ0v) is 13.7. The fraction of sp³-hybridized carbons (Fsp3) is 0.235. The third-order valence-electron chi connectivity index (χ3n) is 3.41. The Morgan fingerprint density at radius 2 is 1.65 bits per heavy atom. The van der Waals surface area contributed by atoms with Gasteiger partial charge in [0.15, 0.2) is 0 Å². The molecular weight excluding hydrogens is 325 g/mol. The summed E-state index contributed by atoms with van der Waals surface area (Å²) in [5.74, 6) is 0. The summed E-state index contributed by atoms with van der Waals surface area (Å²) >= 11 is 5.91. The zero-order chi connectivity index (χ0) is 17.2. The number of hydrazone groups is 1. The molecule has 0 amide bonds. The second-order valence-corrected chi connectivity index (χ2v) is 5.78. The number of nitrogens with one attached hydrogen (secondary N) is 1. The van der Waals surface area contributed by atoms with E-state index in [0.29, 0.717) is 0 Å². The van der Waals surface area contributed by atoms with Gasteiger partial charge in [-0.15, -0.1) is 0 Å². The molecule has 0 aliphatic heterocycles. The summed E-state index contributed by atoms with van der Waals surface area (Å²) in [5.41, 5.74) is 6.07. The second kappa shape index (κ2) is 6.62. The highest BCUT2D eigenvalue weighted by Gasteiger charge is 2.30. The van der Waals surface area contributed by atoms with Crippen molar-refractivity contribution >= 4 is 23.5 Å². The molecule has 0 atom stereocenters. The van der Waals surface area contributed by atoms with Crippen LogP contribution >= 0.6 is 11.6 Å². The van der Waals surface area contributed by atoms with Gasteiger partial charge in [0.1, 0.15) is 0 Å². The molecule has 0 heterocycles. The van der Waals surface area contributed by atoms with Crippen LogP contribution in [0.4, 0.5) is 18.9 Å². The molecule has 0 saturated carbocycles. The van der Waals surface area contributed by atoms with E-state index in [2.05, 4.69) is 10.5 Å². The highest BCUT2D eigenvalue weighted by Crippen LogP contribution is 2.33. The Balaban J connectivity index is 2.24. The summed E-state index contributed by atoms with van der Waals surface area (Å²) in [7, 11) is 0. The largest absolute Gasteiger partial charge is 0.416 e. The van der Waals surface area contributed by atoms with E-state index in [1.54, 1.807) is 6.21 Å². The molecule has 2 aromatic rings. The molecule has 0 radical (unpaired) electrons. The van der Waals surface area contributed by atoms with Crippen LogP contribution in [0, 0.1) is 20.8 Å². The first-order valence-electron chi connectivity index (χ1n) is 6.92. The number of alkyl halides is 3. The van der Waals surface area contributed by atoms with Gasteiger partial charge in [0, 0.05) is 5.56 Å². The molecular formula is C17H16ClF3N2. The Labute approximate surface area is 138 Å². The average Bonchev–Trinajstić information content (AvgIpc) is 2.42. The van der Waals surface area contributed by atoms with Gasteiger partial charge in [-0.3, -0.25) is 5.43 Å². The van der Waals surface area contributed by atoms with E-state index in [1.165, 1.54) is 6.07 Å². The number of hydrogen-bond donors (Lipinski definition) is 1. The molecule has 2 aromatic carbocycles. The van der Waals surface area contributed by atoms with Crippen LogP contribution < -0.4 is 5.43 Å². The summed E-state index contributed by atoms with van der Waals surface area (Å²) < 4.78 is 38.2. The molecule has 1 N–H and O–H groups in total. The predicted molar refractivity (Wildman–Crippen MR) is 88.3 cm³/mol. The maximum absolute atomic E-state index is 12.7. The summed E-state index contributed by atoms with van der Waals surface area (Å²) in [6, 6.07) is 7.11. The molecule has 0 spiro atoms. The number of nitrogens with zero attached hydrogens (tertiary/aromatic N) is 1. The van der Waals surface area contributed by atoms with Crippen molar-refractivity contribution in [3.05, 3.63) is 63.2 Å². The number of halogens is 4. The van der Waals surface area contributed by atoms with E-state index in [1.807, 2.05) is 32.9 Å². The number of aryl methyl sites for hydroxylation is 3. The van der Waals surface area contributed by atoms with Crippen LogP contribution in [0.25, 0.3) is 0 Å². The summed E-state index contributed by atoms with van der Waals surface area (Å²) in [6.45, 7) is 5.92. The van der Waals surface area contributed by atoms with E-state index >= 15 is 0 Å². The fourth-order valence-corrected chi connectivity index (χ4v) is 2.51. The van der Waals surface area contributed by atoms with Crippen molar-refractivity contribution in [1.82, 2.24) is 0 Å². The lowest BCUT2D eigenvalue weighted by Gasteiger charge is -2.10. The van der Waals surface area contributed by atoms with E-state index < -0.39 is 11.7 Å². The first kappa shape index (κ1) is 17.3. The van der Waals surface area contributed by atoms with Gasteiger partial charge < -0.3 is 0 Å². The maximum atomic E-state index is 12.7. The molecule has 0 bridgehead atoms. The molecule has 23 heavy (non-hydrogen) atoms. The van der Waals surface area contributed by atoms with Crippen molar-refractivity contribution in [1.29, 1.82) is 0 Å². The Morgan fingerprint density at radius 3 is 2.22 bits per heavy atom. The molecule has 2 nitrogen and oxygen atoms in total. The van der Waals surface area contributed by atoms with Crippen molar-refractivity contribution in [3.8, 4) is 0 Å². The van der Waals surface area contributed by atoms with Gasteiger partial charge in [0.2, 0.25) is 0 Å². The van der Waals surface area contributed by atoms with Crippen LogP contribution in [-0.4, -0.2) is 6.21 Å². The summed E-state index contributed by atoms with van der Waals surface area (Å²) in [4.78, 5) is 0. The van der Waals surface area contributed by atoms with E-state index in [-0.39, 0.29) is 10.7 Å². The van der Waals surface area contributed by atoms with Crippen LogP contribution in [0.5, 0.6) is 0 Å². The number of rotatable bonds is 3. The second-order valence-electron chi connectivity index (χ2n) is 5.37. The van der Waals surface area contributed by atoms with Crippen molar-refractivity contribution in [2.45, 2.75) is 26.9 Å². The Hall–Kier alpha value is -2.01. The lowest BCUT2D eigenvalue weighted by molar-refractivity contribution is -0.137. The Morgan fingerprint density at radius 1 is 1.04 bits per heavy atom. The van der Waals surface area contributed by atoms with Crippen LogP contribution in [0.15, 0.2) is 35.4 Å². The Bertz CT molecular complexity index is 729. The molecule has 0 saturated heterocycles. The topological polar surface area (TPSA) is 24.4 Å². The highest BCUT2D eigenvalue weighted by atomic mass is 35.5. The minimum absolute atomic E-state index is 0.111. The van der Waals surface area contributed by atoms with Crippen molar-refractivity contribution in [3.63, 3.8) is 0 Å². The smallest absolute Gasteiger partial charge is 0.277 e. The molecule has 6 heteroatoms. The number of hydrogen-bond acceptors (Lipinski definition) is 2. The summed E-state index contributed by atoms with van der Waals surface area (Å²) in [5, 5.41) is 4.19. The lowest BCUT2D eigenvalue weighted by atomic mass is 10.0. The molecule has 0 unspecified atom stereocenters. The first-order chi connectivity index (χ1) is 10.7. The first-order valence-corrected chi connectivity index (χ1v) is 7.30. The van der Waals surface area contributed by atoms with Gasteiger partial charge in [0.05, 0.1) is 22.5 Å². The van der Waals surface area contributed by atoms with Crippen LogP contribution in [0.2, 0.25) is 5.02 Å². The standard InChI is InChI=1S/C17H16ClF3N2/c1-10-6-11(2)14(12(3)7-10)9-22-23-16-8-13(17(19,20)21)4-5-15(16)18/h4-9,23H,1-3H3. The molecule has 122 valence electrons. The van der Waals surface area contributed by atoms with Crippen LogP contribution in [0.1, 0.15) is 27.8 Å². The molecule has 0 aliphatic carbocycles.